The largest absolute Gasteiger partial charge is 0.331 e. The van der Waals surface area contributed by atoms with Crippen molar-refractivity contribution in [2.24, 2.45) is 0 Å². The summed E-state index contributed by atoms with van der Waals surface area (Å²) in [4.78, 5) is 6.47. The van der Waals surface area contributed by atoms with Crippen LogP contribution < -0.4 is 4.90 Å². The average Bonchev–Trinajstić information content (AvgIpc) is 3.06. The van der Waals surface area contributed by atoms with Gasteiger partial charge >= 0.3 is 0 Å². The maximum atomic E-state index is 9.06. The van der Waals surface area contributed by atoms with Crippen molar-refractivity contribution in [3.8, 4) is 6.07 Å². The first-order valence-electron chi connectivity index (χ1n) is 8.50. The topological polar surface area (TPSA) is 41.1 Å². The van der Waals surface area contributed by atoms with Gasteiger partial charge in [0.25, 0.3) is 0 Å². The SMILES string of the molecule is N#Cc1cccc(C[NH+]2CCC[C@H](c3nc4ccccc4s3)C2)c1. The molecule has 1 N–H and O–H groups in total. The molecule has 2 aromatic carbocycles. The summed E-state index contributed by atoms with van der Waals surface area (Å²) in [5.74, 6) is 0.560. The van der Waals surface area contributed by atoms with Crippen molar-refractivity contribution < 1.29 is 4.90 Å². The molecule has 4 rings (SSSR count). The minimum atomic E-state index is 0.560. The highest BCUT2D eigenvalue weighted by molar-refractivity contribution is 7.18. The molecule has 24 heavy (non-hydrogen) atoms. The fourth-order valence-corrected chi connectivity index (χ4v) is 4.73. The van der Waals surface area contributed by atoms with Crippen molar-refractivity contribution in [2.75, 3.05) is 13.1 Å². The molecule has 120 valence electrons. The number of nitrogens with zero attached hydrogens (tertiary/aromatic N) is 2. The van der Waals surface area contributed by atoms with Gasteiger partial charge in [0.1, 0.15) is 11.6 Å². The van der Waals surface area contributed by atoms with Crippen LogP contribution in [0.2, 0.25) is 0 Å². The number of likely N-dealkylation sites (tertiary alicyclic amines) is 1. The summed E-state index contributed by atoms with van der Waals surface area (Å²) >= 11 is 1.85. The first kappa shape index (κ1) is 15.3. The van der Waals surface area contributed by atoms with Gasteiger partial charge in [-0.25, -0.2) is 4.98 Å². The zero-order chi connectivity index (χ0) is 16.4. The minimum Gasteiger partial charge on any atom is -0.331 e. The van der Waals surface area contributed by atoms with Gasteiger partial charge in [0.15, 0.2) is 0 Å². The lowest BCUT2D eigenvalue weighted by Gasteiger charge is -2.29. The number of nitrogens with one attached hydrogen (secondary N) is 1. The summed E-state index contributed by atoms with van der Waals surface area (Å²) in [5, 5.41) is 10.4. The monoisotopic (exact) mass is 334 g/mol. The lowest BCUT2D eigenvalue weighted by Crippen LogP contribution is -3.12. The fraction of sp³-hybridized carbons (Fsp3) is 0.300. The minimum absolute atomic E-state index is 0.560. The van der Waals surface area contributed by atoms with Gasteiger partial charge in [-0.1, -0.05) is 24.3 Å². The summed E-state index contributed by atoms with van der Waals surface area (Å²) in [6.07, 6.45) is 2.48. The van der Waals surface area contributed by atoms with Crippen LogP contribution in [0.5, 0.6) is 0 Å². The number of hydrogen-bond donors (Lipinski definition) is 1. The second-order valence-corrected chi connectivity index (χ2v) is 7.61. The van der Waals surface area contributed by atoms with E-state index < -0.39 is 0 Å². The predicted octanol–water partition coefficient (Wildman–Crippen LogP) is 3.13. The molecule has 2 heterocycles. The van der Waals surface area contributed by atoms with E-state index >= 15 is 0 Å². The average molecular weight is 334 g/mol. The van der Waals surface area contributed by atoms with Gasteiger partial charge in [-0.15, -0.1) is 11.3 Å². The number of para-hydroxylation sites is 1. The van der Waals surface area contributed by atoms with Crippen LogP contribution in [0.25, 0.3) is 10.2 Å². The van der Waals surface area contributed by atoms with Crippen LogP contribution in [0, 0.1) is 11.3 Å². The maximum absolute atomic E-state index is 9.06. The van der Waals surface area contributed by atoms with Crippen LogP contribution in [0.3, 0.4) is 0 Å². The molecule has 3 nitrogen and oxygen atoms in total. The quantitative estimate of drug-likeness (QED) is 0.799. The number of aromatic nitrogens is 1. The molecule has 0 radical (unpaired) electrons. The Morgan fingerprint density at radius 3 is 3.00 bits per heavy atom. The number of rotatable bonds is 3. The Morgan fingerprint density at radius 2 is 2.12 bits per heavy atom. The highest BCUT2D eigenvalue weighted by Crippen LogP contribution is 2.30. The number of quaternary nitrogens is 1. The molecule has 0 aliphatic carbocycles. The van der Waals surface area contributed by atoms with E-state index in [0.29, 0.717) is 5.92 Å². The van der Waals surface area contributed by atoms with Crippen LogP contribution in [-0.2, 0) is 6.54 Å². The van der Waals surface area contributed by atoms with E-state index in [0.717, 1.165) is 24.2 Å². The van der Waals surface area contributed by atoms with Gasteiger partial charge < -0.3 is 4.90 Å². The van der Waals surface area contributed by atoms with Gasteiger partial charge in [-0.3, -0.25) is 0 Å². The first-order chi connectivity index (χ1) is 11.8. The van der Waals surface area contributed by atoms with Crippen LogP contribution in [0.1, 0.15) is 34.9 Å². The molecule has 1 unspecified atom stereocenters. The van der Waals surface area contributed by atoms with Crippen LogP contribution in [0.4, 0.5) is 0 Å². The lowest BCUT2D eigenvalue weighted by molar-refractivity contribution is -0.920. The molecular weight excluding hydrogens is 314 g/mol. The van der Waals surface area contributed by atoms with Gasteiger partial charge in [0, 0.05) is 5.56 Å². The highest BCUT2D eigenvalue weighted by atomic mass is 32.1. The second-order valence-electron chi connectivity index (χ2n) is 6.55. The van der Waals surface area contributed by atoms with E-state index in [1.54, 1.807) is 4.90 Å². The highest BCUT2D eigenvalue weighted by Gasteiger charge is 2.27. The van der Waals surface area contributed by atoms with Crippen molar-refractivity contribution in [3.63, 3.8) is 0 Å². The molecule has 3 aromatic rings. The Kier molecular flexibility index (Phi) is 4.29. The summed E-state index contributed by atoms with van der Waals surface area (Å²) in [7, 11) is 0. The van der Waals surface area contributed by atoms with Crippen molar-refractivity contribution >= 4 is 21.6 Å². The van der Waals surface area contributed by atoms with Gasteiger partial charge in [-0.05, 0) is 37.1 Å². The zero-order valence-electron chi connectivity index (χ0n) is 13.5. The number of hydrogen-bond acceptors (Lipinski definition) is 3. The molecule has 0 amide bonds. The third kappa shape index (κ3) is 3.19. The molecule has 0 saturated carbocycles. The van der Waals surface area contributed by atoms with Gasteiger partial charge in [0.2, 0.25) is 0 Å². The summed E-state index contributed by atoms with van der Waals surface area (Å²) < 4.78 is 1.29. The normalized spacial score (nSPS) is 20.8. The number of fused-ring (bicyclic) bond motifs is 1. The molecule has 1 saturated heterocycles. The molecule has 1 aromatic heterocycles. The fourth-order valence-electron chi connectivity index (χ4n) is 3.63. The summed E-state index contributed by atoms with van der Waals surface area (Å²) in [5.41, 5.74) is 3.15. The molecule has 1 fully saturated rings. The lowest BCUT2D eigenvalue weighted by atomic mass is 9.98. The molecule has 0 spiro atoms. The summed E-state index contributed by atoms with van der Waals surface area (Å²) in [6.45, 7) is 3.34. The zero-order valence-corrected chi connectivity index (χ0v) is 14.4. The number of piperidine rings is 1. The Labute approximate surface area is 146 Å². The predicted molar refractivity (Wildman–Crippen MR) is 97.2 cm³/mol. The number of benzene rings is 2. The molecular formula is C20H20N3S+. The second kappa shape index (κ2) is 6.72. The maximum Gasteiger partial charge on any atom is 0.103 e. The van der Waals surface area contributed by atoms with E-state index in [9.17, 15) is 0 Å². The van der Waals surface area contributed by atoms with Crippen LogP contribution in [-0.4, -0.2) is 18.1 Å². The van der Waals surface area contributed by atoms with Crippen LogP contribution >= 0.6 is 11.3 Å². The third-order valence-corrected chi connectivity index (χ3v) is 5.99. The van der Waals surface area contributed by atoms with Crippen molar-refractivity contribution in [1.82, 2.24) is 4.98 Å². The van der Waals surface area contributed by atoms with Crippen molar-refractivity contribution in [2.45, 2.75) is 25.3 Å². The third-order valence-electron chi connectivity index (χ3n) is 4.79. The Balaban J connectivity index is 1.50. The van der Waals surface area contributed by atoms with Crippen molar-refractivity contribution in [1.29, 1.82) is 5.26 Å². The standard InChI is InChI=1S/C20H19N3S/c21-12-15-5-3-6-16(11-15)13-23-10-4-7-17(14-23)20-22-18-8-1-2-9-19(18)24-20/h1-3,5-6,8-9,11,17H,4,7,10,13-14H2/p+1/t17-/m0/s1. The summed E-state index contributed by atoms with van der Waals surface area (Å²) in [6, 6.07) is 18.7. The van der Waals surface area contributed by atoms with Gasteiger partial charge in [-0.2, -0.15) is 5.26 Å². The van der Waals surface area contributed by atoms with E-state index in [-0.39, 0.29) is 0 Å². The van der Waals surface area contributed by atoms with E-state index in [1.165, 1.54) is 34.7 Å². The first-order valence-corrected chi connectivity index (χ1v) is 9.31. The molecule has 0 bridgehead atoms. The van der Waals surface area contributed by atoms with E-state index in [2.05, 4.69) is 36.4 Å². The Morgan fingerprint density at radius 1 is 1.21 bits per heavy atom. The molecule has 2 atom stereocenters. The van der Waals surface area contributed by atoms with E-state index in [4.69, 9.17) is 10.2 Å². The number of nitriles is 1. The number of thiazole rings is 1. The van der Waals surface area contributed by atoms with E-state index in [1.807, 2.05) is 29.5 Å². The molecule has 4 heteroatoms. The van der Waals surface area contributed by atoms with Crippen LogP contribution in [0.15, 0.2) is 48.5 Å². The Bertz CT molecular complexity index is 860. The molecule has 1 aliphatic heterocycles. The molecule has 1 aliphatic rings. The van der Waals surface area contributed by atoms with Crippen molar-refractivity contribution in [3.05, 3.63) is 64.7 Å². The smallest absolute Gasteiger partial charge is 0.103 e. The van der Waals surface area contributed by atoms with Gasteiger partial charge in [0.05, 0.1) is 40.9 Å². The Hall–Kier alpha value is -2.22.